The Bertz CT molecular complexity index is 255. The Morgan fingerprint density at radius 2 is 1.71 bits per heavy atom. The lowest BCUT2D eigenvalue weighted by molar-refractivity contribution is -0.921. The third-order valence-corrected chi connectivity index (χ3v) is 2.93. The fourth-order valence-corrected chi connectivity index (χ4v) is 1.91. The van der Waals surface area contributed by atoms with Gasteiger partial charge in [0.05, 0.1) is 20.1 Å². The highest BCUT2D eigenvalue weighted by Crippen LogP contribution is 2.11. The molecular weight excluding hydrogens is 170 g/mol. The van der Waals surface area contributed by atoms with Crippen LogP contribution in [0.15, 0.2) is 30.3 Å². The lowest BCUT2D eigenvalue weighted by Crippen LogP contribution is -2.43. The zero-order valence-corrected chi connectivity index (χ0v) is 9.66. The van der Waals surface area contributed by atoms with Crippen LogP contribution in [0.2, 0.25) is 0 Å². The van der Waals surface area contributed by atoms with Crippen molar-refractivity contribution in [2.24, 2.45) is 0 Å². The molecule has 1 atom stereocenters. The predicted octanol–water partition coefficient (Wildman–Crippen LogP) is 3.06. The molecule has 1 heteroatoms. The van der Waals surface area contributed by atoms with Crippen molar-refractivity contribution in [1.29, 1.82) is 0 Å². The number of hydrogen-bond donors (Lipinski definition) is 0. The van der Waals surface area contributed by atoms with E-state index in [1.165, 1.54) is 25.1 Å². The van der Waals surface area contributed by atoms with Crippen LogP contribution in [0.3, 0.4) is 0 Å². The van der Waals surface area contributed by atoms with Crippen LogP contribution >= 0.6 is 0 Å². The van der Waals surface area contributed by atoms with E-state index < -0.39 is 0 Å². The van der Waals surface area contributed by atoms with Crippen LogP contribution in [-0.4, -0.2) is 24.6 Å². The minimum absolute atomic E-state index is 1.15. The van der Waals surface area contributed by atoms with Gasteiger partial charge < -0.3 is 4.48 Å². The van der Waals surface area contributed by atoms with Crippen molar-refractivity contribution in [3.63, 3.8) is 0 Å². The molecule has 0 amide bonds. The molecule has 1 aromatic carbocycles. The fourth-order valence-electron chi connectivity index (χ4n) is 1.91. The quantitative estimate of drug-likeness (QED) is 0.629. The van der Waals surface area contributed by atoms with E-state index in [0.717, 1.165) is 11.0 Å². The van der Waals surface area contributed by atoms with Crippen LogP contribution in [0, 0.1) is 0 Å². The van der Waals surface area contributed by atoms with Gasteiger partial charge in [-0.15, -0.1) is 0 Å². The minimum Gasteiger partial charge on any atom is -0.323 e. The van der Waals surface area contributed by atoms with Gasteiger partial charge in [0.25, 0.3) is 0 Å². The first kappa shape index (κ1) is 11.3. The van der Waals surface area contributed by atoms with Crippen LogP contribution in [0.5, 0.6) is 0 Å². The number of nitrogens with zero attached hydrogens (tertiary/aromatic N) is 1. The number of rotatable bonds is 5. The lowest BCUT2D eigenvalue weighted by Gasteiger charge is -2.33. The van der Waals surface area contributed by atoms with Crippen molar-refractivity contribution in [1.82, 2.24) is 0 Å². The van der Waals surface area contributed by atoms with Gasteiger partial charge in [0.15, 0.2) is 0 Å². The summed E-state index contributed by atoms with van der Waals surface area (Å²) >= 11 is 0. The third kappa shape index (κ3) is 3.15. The van der Waals surface area contributed by atoms with Crippen LogP contribution in [0.25, 0.3) is 0 Å². The maximum atomic E-state index is 2.34. The molecule has 1 rings (SSSR count). The van der Waals surface area contributed by atoms with Crippen LogP contribution in [0.4, 0.5) is 0 Å². The van der Waals surface area contributed by atoms with Gasteiger partial charge in [-0.2, -0.15) is 0 Å². The lowest BCUT2D eigenvalue weighted by atomic mass is 10.2. The average molecular weight is 192 g/mol. The molecule has 0 N–H and O–H groups in total. The van der Waals surface area contributed by atoms with Gasteiger partial charge >= 0.3 is 0 Å². The van der Waals surface area contributed by atoms with Crippen LogP contribution in [0.1, 0.15) is 25.8 Å². The molecule has 0 heterocycles. The summed E-state index contributed by atoms with van der Waals surface area (Å²) in [5, 5.41) is 0. The Morgan fingerprint density at radius 3 is 2.21 bits per heavy atom. The fraction of sp³-hybridized carbons (Fsp3) is 0.538. The van der Waals surface area contributed by atoms with Crippen molar-refractivity contribution >= 4 is 0 Å². The van der Waals surface area contributed by atoms with E-state index in [1.54, 1.807) is 0 Å². The van der Waals surface area contributed by atoms with Gasteiger partial charge in [0, 0.05) is 5.56 Å². The van der Waals surface area contributed by atoms with Crippen molar-refractivity contribution < 1.29 is 4.48 Å². The van der Waals surface area contributed by atoms with E-state index in [2.05, 4.69) is 51.2 Å². The Balaban J connectivity index is 2.65. The van der Waals surface area contributed by atoms with Crippen molar-refractivity contribution in [3.05, 3.63) is 35.9 Å². The maximum Gasteiger partial charge on any atom is 0.104 e. The first-order valence-electron chi connectivity index (χ1n) is 5.57. The second-order valence-corrected chi connectivity index (χ2v) is 4.30. The monoisotopic (exact) mass is 192 g/mol. The summed E-state index contributed by atoms with van der Waals surface area (Å²) in [6.45, 7) is 8.18. The van der Waals surface area contributed by atoms with Crippen LogP contribution in [-0.2, 0) is 6.54 Å². The first-order chi connectivity index (χ1) is 6.70. The van der Waals surface area contributed by atoms with E-state index in [4.69, 9.17) is 0 Å². The van der Waals surface area contributed by atoms with Gasteiger partial charge in [-0.1, -0.05) is 37.3 Å². The second kappa shape index (κ2) is 5.16. The summed E-state index contributed by atoms with van der Waals surface area (Å²) in [6.07, 6.45) is 1.26. The van der Waals surface area contributed by atoms with Crippen molar-refractivity contribution in [2.45, 2.75) is 26.8 Å². The van der Waals surface area contributed by atoms with E-state index in [9.17, 15) is 0 Å². The molecule has 0 aliphatic heterocycles. The van der Waals surface area contributed by atoms with Crippen LogP contribution < -0.4 is 0 Å². The standard InChI is InChI=1S/C13H22N/c1-4-11-14(3,5-2)12-13-9-7-6-8-10-13/h6-10H,4-5,11-12H2,1-3H3/q+1. The summed E-state index contributed by atoms with van der Waals surface area (Å²) in [5.41, 5.74) is 1.45. The van der Waals surface area contributed by atoms with Gasteiger partial charge in [-0.05, 0) is 13.3 Å². The molecule has 14 heavy (non-hydrogen) atoms. The Labute approximate surface area is 88.0 Å². The van der Waals surface area contributed by atoms with Gasteiger partial charge in [-0.3, -0.25) is 0 Å². The smallest absolute Gasteiger partial charge is 0.104 e. The Kier molecular flexibility index (Phi) is 4.15. The van der Waals surface area contributed by atoms with E-state index >= 15 is 0 Å². The Hall–Kier alpha value is -0.820. The van der Waals surface area contributed by atoms with Gasteiger partial charge in [-0.25, -0.2) is 0 Å². The number of hydrogen-bond acceptors (Lipinski definition) is 0. The van der Waals surface area contributed by atoms with E-state index in [0.29, 0.717) is 0 Å². The molecule has 0 fully saturated rings. The molecule has 1 nitrogen and oxygen atoms in total. The van der Waals surface area contributed by atoms with Crippen molar-refractivity contribution in [3.8, 4) is 0 Å². The summed E-state index contributed by atoms with van der Waals surface area (Å²) in [7, 11) is 2.34. The van der Waals surface area contributed by atoms with E-state index in [-0.39, 0.29) is 0 Å². The molecular formula is C13H22N+. The molecule has 0 radical (unpaired) electrons. The van der Waals surface area contributed by atoms with Crippen molar-refractivity contribution in [2.75, 3.05) is 20.1 Å². The zero-order valence-electron chi connectivity index (χ0n) is 9.66. The third-order valence-electron chi connectivity index (χ3n) is 2.93. The molecule has 1 unspecified atom stereocenters. The minimum atomic E-state index is 1.15. The summed E-state index contributed by atoms with van der Waals surface area (Å²) in [4.78, 5) is 0. The second-order valence-electron chi connectivity index (χ2n) is 4.30. The number of quaternary nitrogens is 1. The molecule has 1 aromatic rings. The highest BCUT2D eigenvalue weighted by atomic mass is 15.3. The summed E-state index contributed by atoms with van der Waals surface area (Å²) in [6, 6.07) is 10.8. The highest BCUT2D eigenvalue weighted by molar-refractivity contribution is 5.13. The number of benzene rings is 1. The van der Waals surface area contributed by atoms with E-state index in [1.807, 2.05) is 0 Å². The summed E-state index contributed by atoms with van der Waals surface area (Å²) < 4.78 is 1.15. The highest BCUT2D eigenvalue weighted by Gasteiger charge is 2.17. The maximum absolute atomic E-state index is 2.34. The van der Waals surface area contributed by atoms with Gasteiger partial charge in [0.2, 0.25) is 0 Å². The molecule has 0 aliphatic rings. The normalized spacial score (nSPS) is 15.1. The molecule has 0 spiro atoms. The zero-order chi connectivity index (χ0) is 10.4. The SMILES string of the molecule is CCC[N+](C)(CC)Cc1ccccc1. The molecule has 0 aromatic heterocycles. The predicted molar refractivity (Wildman–Crippen MR) is 62.0 cm³/mol. The summed E-state index contributed by atoms with van der Waals surface area (Å²) in [5.74, 6) is 0. The molecule has 0 aliphatic carbocycles. The molecule has 0 saturated heterocycles. The Morgan fingerprint density at radius 1 is 1.07 bits per heavy atom. The molecule has 0 bridgehead atoms. The van der Waals surface area contributed by atoms with Gasteiger partial charge in [0.1, 0.15) is 6.54 Å². The average Bonchev–Trinajstić information content (AvgIpc) is 2.20. The molecule has 78 valence electrons. The first-order valence-corrected chi connectivity index (χ1v) is 5.57. The molecule has 0 saturated carbocycles. The largest absolute Gasteiger partial charge is 0.323 e. The topological polar surface area (TPSA) is 0 Å².